The summed E-state index contributed by atoms with van der Waals surface area (Å²) in [5, 5.41) is 22.6. The lowest BCUT2D eigenvalue weighted by Crippen LogP contribution is -2.56. The highest BCUT2D eigenvalue weighted by Crippen LogP contribution is 2.36. The van der Waals surface area contributed by atoms with Crippen molar-refractivity contribution in [2.45, 2.75) is 101 Å². The maximum Gasteiger partial charge on any atom is 0.410 e. The Balaban J connectivity index is 1.58. The number of carbonyl (C=O) groups is 1. The van der Waals surface area contributed by atoms with Crippen molar-refractivity contribution in [1.29, 1.82) is 0 Å². The van der Waals surface area contributed by atoms with Gasteiger partial charge in [-0.15, -0.1) is 0 Å². The smallest absolute Gasteiger partial charge is 0.410 e. The van der Waals surface area contributed by atoms with Gasteiger partial charge in [-0.1, -0.05) is 89.9 Å². The van der Waals surface area contributed by atoms with Crippen LogP contribution in [0.5, 0.6) is 0 Å². The number of azide groups is 3. The molecule has 15 heteroatoms. The number of hydrogen-bond acceptors (Lipinski definition) is 8. The molecule has 15 nitrogen and oxygen atoms in total. The van der Waals surface area contributed by atoms with Gasteiger partial charge in [-0.05, 0) is 59.3 Å². The van der Waals surface area contributed by atoms with Gasteiger partial charge in [0.1, 0.15) is 6.61 Å². The molecular formula is C30H38N10O5. The van der Waals surface area contributed by atoms with Gasteiger partial charge in [-0.3, -0.25) is 4.90 Å². The Morgan fingerprint density at radius 2 is 1.56 bits per heavy atom. The number of aliphatic hydroxyl groups excluding tert-OH is 1. The fourth-order valence-corrected chi connectivity index (χ4v) is 6.04. The zero-order valence-corrected chi connectivity index (χ0v) is 25.3. The van der Waals surface area contributed by atoms with Crippen molar-refractivity contribution in [3.05, 3.63) is 103 Å². The van der Waals surface area contributed by atoms with Crippen molar-refractivity contribution in [3.63, 3.8) is 0 Å². The summed E-state index contributed by atoms with van der Waals surface area (Å²) in [4.78, 5) is 24.0. The summed E-state index contributed by atoms with van der Waals surface area (Å²) < 4.78 is 18.5. The lowest BCUT2D eigenvalue weighted by molar-refractivity contribution is -0.256. The van der Waals surface area contributed by atoms with Crippen LogP contribution in [-0.4, -0.2) is 64.9 Å². The minimum absolute atomic E-state index is 0.104. The second-order valence-electron chi connectivity index (χ2n) is 11.3. The fourth-order valence-electron chi connectivity index (χ4n) is 6.04. The van der Waals surface area contributed by atoms with E-state index in [1.165, 1.54) is 0 Å². The Morgan fingerprint density at radius 3 is 2.18 bits per heavy atom. The number of hydrogen-bond donors (Lipinski definition) is 1. The Labute approximate surface area is 261 Å². The van der Waals surface area contributed by atoms with Crippen LogP contribution < -0.4 is 0 Å². The van der Waals surface area contributed by atoms with Crippen LogP contribution >= 0.6 is 0 Å². The van der Waals surface area contributed by atoms with Crippen LogP contribution in [0.4, 0.5) is 4.79 Å². The van der Waals surface area contributed by atoms with Gasteiger partial charge < -0.3 is 19.3 Å². The van der Waals surface area contributed by atoms with Gasteiger partial charge in [0.15, 0.2) is 6.29 Å². The summed E-state index contributed by atoms with van der Waals surface area (Å²) in [5.41, 5.74) is 29.2. The first-order valence-corrected chi connectivity index (χ1v) is 15.0. The number of carbonyl (C=O) groups excluding carboxylic acids is 1. The molecule has 1 amide bonds. The molecule has 238 valence electrons. The molecule has 0 unspecified atom stereocenters. The van der Waals surface area contributed by atoms with Crippen molar-refractivity contribution in [3.8, 4) is 0 Å². The van der Waals surface area contributed by atoms with Crippen LogP contribution in [-0.2, 0) is 27.4 Å². The summed E-state index contributed by atoms with van der Waals surface area (Å²) in [6.45, 7) is 4.05. The third-order valence-corrected chi connectivity index (χ3v) is 8.49. The zero-order valence-electron chi connectivity index (χ0n) is 25.3. The number of amides is 1. The average Bonchev–Trinajstić information content (AvgIpc) is 3.06. The highest BCUT2D eigenvalue weighted by molar-refractivity contribution is 5.68. The monoisotopic (exact) mass is 618 g/mol. The van der Waals surface area contributed by atoms with Crippen molar-refractivity contribution in [2.24, 2.45) is 21.3 Å². The van der Waals surface area contributed by atoms with Crippen molar-refractivity contribution < 1.29 is 24.1 Å². The second kappa shape index (κ2) is 16.6. The summed E-state index contributed by atoms with van der Waals surface area (Å²) in [6.07, 6.45) is -2.79. The van der Waals surface area contributed by atoms with Gasteiger partial charge in [-0.2, -0.15) is 0 Å². The third-order valence-electron chi connectivity index (χ3n) is 8.49. The van der Waals surface area contributed by atoms with Crippen LogP contribution in [0.2, 0.25) is 0 Å². The maximum absolute atomic E-state index is 13.6. The lowest BCUT2D eigenvalue weighted by Gasteiger charge is -2.45. The zero-order chi connectivity index (χ0) is 32.2. The normalized spacial score (nSPS) is 28.3. The van der Waals surface area contributed by atoms with Crippen LogP contribution in [0.1, 0.15) is 50.7 Å². The van der Waals surface area contributed by atoms with Crippen LogP contribution in [0.3, 0.4) is 0 Å². The fraction of sp³-hybridized carbons (Fsp3) is 0.567. The molecule has 1 N–H and O–H groups in total. The molecule has 1 saturated carbocycles. The van der Waals surface area contributed by atoms with E-state index in [1.807, 2.05) is 67.6 Å². The predicted molar refractivity (Wildman–Crippen MR) is 164 cm³/mol. The molecule has 2 aromatic carbocycles. The molecule has 1 saturated heterocycles. The first-order valence-electron chi connectivity index (χ1n) is 15.0. The van der Waals surface area contributed by atoms with E-state index >= 15 is 0 Å². The van der Waals surface area contributed by atoms with Crippen molar-refractivity contribution >= 4 is 6.09 Å². The quantitative estimate of drug-likeness (QED) is 0.152. The standard InChI is InChI=1S/C30H38N10O5/c1-3-25(40(17-20-10-6-4-7-11-20)30(42)43-18-21-12-8-5-9-13-21)26-15-14-22(34-37-31)29(44-26)45-28-24(36-39-33)16-23(35-38-32)19(2)27(28)41/h4-13,19,22-29,41H,3,14-18H2,1-2H3/t19-,22+,23+,24-,25-,26-,27+,28+,29+/m0/s1. The van der Waals surface area contributed by atoms with E-state index in [9.17, 15) is 21.0 Å². The Kier molecular flexibility index (Phi) is 12.3. The molecule has 0 bridgehead atoms. The number of nitrogens with zero attached hydrogens (tertiary/aromatic N) is 10. The first-order chi connectivity index (χ1) is 21.9. The predicted octanol–water partition coefficient (Wildman–Crippen LogP) is 6.93. The second-order valence-corrected chi connectivity index (χ2v) is 11.3. The van der Waals surface area contributed by atoms with Crippen LogP contribution in [0.25, 0.3) is 31.3 Å². The number of ether oxygens (including phenoxy) is 3. The number of benzene rings is 2. The molecule has 1 aliphatic carbocycles. The van der Waals surface area contributed by atoms with E-state index in [1.54, 1.807) is 11.8 Å². The number of rotatable bonds is 12. The summed E-state index contributed by atoms with van der Waals surface area (Å²) >= 11 is 0. The van der Waals surface area contributed by atoms with Gasteiger partial charge in [-0.25, -0.2) is 4.79 Å². The highest BCUT2D eigenvalue weighted by atomic mass is 16.7. The molecule has 2 aromatic rings. The summed E-state index contributed by atoms with van der Waals surface area (Å²) in [5.74, 6) is -0.502. The van der Waals surface area contributed by atoms with Gasteiger partial charge in [0.05, 0.1) is 36.4 Å². The van der Waals surface area contributed by atoms with Crippen molar-refractivity contribution in [2.75, 3.05) is 0 Å². The molecule has 2 aliphatic rings. The molecule has 0 radical (unpaired) electrons. The van der Waals surface area contributed by atoms with E-state index in [0.29, 0.717) is 19.3 Å². The van der Waals surface area contributed by atoms with Gasteiger partial charge >= 0.3 is 6.09 Å². The van der Waals surface area contributed by atoms with E-state index in [4.69, 9.17) is 19.7 Å². The minimum atomic E-state index is -1.16. The lowest BCUT2D eigenvalue weighted by atomic mass is 9.79. The molecule has 0 spiro atoms. The topological polar surface area (TPSA) is 215 Å². The van der Waals surface area contributed by atoms with Crippen molar-refractivity contribution in [1.82, 2.24) is 4.90 Å². The minimum Gasteiger partial charge on any atom is -0.445 e. The first kappa shape index (κ1) is 33.4. The highest BCUT2D eigenvalue weighted by Gasteiger charge is 2.46. The number of aliphatic hydroxyl groups is 1. The Morgan fingerprint density at radius 1 is 0.956 bits per heavy atom. The molecule has 1 aliphatic heterocycles. The van der Waals surface area contributed by atoms with Gasteiger partial charge in [0.2, 0.25) is 0 Å². The largest absolute Gasteiger partial charge is 0.445 e. The maximum atomic E-state index is 13.6. The molecular weight excluding hydrogens is 580 g/mol. The summed E-state index contributed by atoms with van der Waals surface area (Å²) in [7, 11) is 0. The van der Waals surface area contributed by atoms with Gasteiger partial charge in [0.25, 0.3) is 0 Å². The van der Waals surface area contributed by atoms with E-state index in [2.05, 4.69) is 30.1 Å². The molecule has 9 atom stereocenters. The van der Waals surface area contributed by atoms with Crippen LogP contribution in [0.15, 0.2) is 76.0 Å². The molecule has 0 aromatic heterocycles. The van der Waals surface area contributed by atoms with E-state index < -0.39 is 60.8 Å². The van der Waals surface area contributed by atoms with Crippen LogP contribution in [0, 0.1) is 5.92 Å². The Hall–Kier alpha value is -4.48. The molecule has 4 rings (SSSR count). The molecule has 2 fully saturated rings. The van der Waals surface area contributed by atoms with E-state index in [-0.39, 0.29) is 19.6 Å². The van der Waals surface area contributed by atoms with Gasteiger partial charge in [0, 0.05) is 27.3 Å². The molecule has 45 heavy (non-hydrogen) atoms. The summed E-state index contributed by atoms with van der Waals surface area (Å²) in [6, 6.07) is 16.3. The molecule has 1 heterocycles. The third kappa shape index (κ3) is 8.58. The Bertz CT molecular complexity index is 1400. The SMILES string of the molecule is CC[C@@H]([C@@H]1CC[C@@H](N=[N+]=[N-])[C@@H](O[C@H]2[C@H](O)[C@@H](C)[C@H](N=[N+]=[N-])C[C@@H]2N=[N+]=[N-])O1)N(Cc1ccccc1)C(=O)OCc1ccccc1. The average molecular weight is 619 g/mol. The van der Waals surface area contributed by atoms with E-state index in [0.717, 1.165) is 11.1 Å².